The Morgan fingerprint density at radius 2 is 1.77 bits per heavy atom. The molecule has 1 fully saturated rings. The summed E-state index contributed by atoms with van der Waals surface area (Å²) < 4.78 is 16.1. The summed E-state index contributed by atoms with van der Waals surface area (Å²) in [5.41, 5.74) is 11.9. The van der Waals surface area contributed by atoms with Gasteiger partial charge in [-0.25, -0.2) is 24.3 Å². The van der Waals surface area contributed by atoms with E-state index >= 15 is 0 Å². The third-order valence-corrected chi connectivity index (χ3v) is 6.87. The largest absolute Gasteiger partial charge is 0.497 e. The molecule has 0 bridgehead atoms. The summed E-state index contributed by atoms with van der Waals surface area (Å²) in [6.45, 7) is -0.133. The molecule has 0 saturated heterocycles. The van der Waals surface area contributed by atoms with E-state index in [9.17, 15) is 30.3 Å². The average molecular weight is 634 g/mol. The van der Waals surface area contributed by atoms with Crippen molar-refractivity contribution in [3.63, 3.8) is 0 Å². The fourth-order valence-electron chi connectivity index (χ4n) is 4.17. The molecule has 16 nitrogen and oxygen atoms in total. The topological polar surface area (TPSA) is 245 Å². The number of hydrogen-bond acceptors (Lipinski definition) is 14. The van der Waals surface area contributed by atoms with Crippen LogP contribution in [0, 0.1) is 0 Å². The van der Waals surface area contributed by atoms with Gasteiger partial charge in [-0.3, -0.25) is 4.90 Å². The minimum absolute atomic E-state index is 0.00832. The van der Waals surface area contributed by atoms with E-state index < -0.39 is 18.1 Å². The van der Waals surface area contributed by atoms with E-state index in [2.05, 4.69) is 15.0 Å². The van der Waals surface area contributed by atoms with Gasteiger partial charge in [-0.05, 0) is 43.0 Å². The van der Waals surface area contributed by atoms with Crippen LogP contribution in [0.4, 0.5) is 16.2 Å². The first-order chi connectivity index (χ1) is 20.7. The van der Waals surface area contributed by atoms with Crippen LogP contribution in [0.1, 0.15) is 30.5 Å². The van der Waals surface area contributed by atoms with Gasteiger partial charge in [-0.2, -0.15) is 0 Å². The van der Waals surface area contributed by atoms with Crippen LogP contribution in [0.3, 0.4) is 0 Å². The number of fused-ring (bicyclic) bond motifs is 1. The number of pyridine rings is 2. The maximum absolute atomic E-state index is 11.5. The SMILES string of the molecule is COc1ccc(CN(c2cc(Cl)nc3c2ncn3C(N)=O)C(O)(O)O)cc1.COc1cnc(C(O)(O)OC2CCC2)cc1N. The minimum Gasteiger partial charge on any atom is -0.497 e. The van der Waals surface area contributed by atoms with E-state index in [1.165, 1.54) is 32.5 Å². The highest BCUT2D eigenvalue weighted by Gasteiger charge is 2.36. The number of nitrogens with zero attached hydrogens (tertiary/aromatic N) is 5. The molecule has 1 amide bonds. The third kappa shape index (κ3) is 7.43. The van der Waals surface area contributed by atoms with Gasteiger partial charge in [0, 0.05) is 6.07 Å². The second-order valence-electron chi connectivity index (χ2n) is 9.71. The predicted octanol–water partition coefficient (Wildman–Crippen LogP) is 0.951. The molecule has 1 saturated carbocycles. The molecule has 236 valence electrons. The molecule has 4 aromatic rings. The number of amides is 1. The van der Waals surface area contributed by atoms with Crippen molar-refractivity contribution in [1.29, 1.82) is 0 Å². The molecule has 17 heteroatoms. The zero-order chi connectivity index (χ0) is 32.2. The van der Waals surface area contributed by atoms with Crippen LogP contribution >= 0.6 is 11.6 Å². The lowest BCUT2D eigenvalue weighted by atomic mass is 9.96. The molecule has 0 atom stereocenters. The molecule has 3 heterocycles. The highest BCUT2D eigenvalue weighted by atomic mass is 35.5. The van der Waals surface area contributed by atoms with Crippen molar-refractivity contribution >= 4 is 40.2 Å². The van der Waals surface area contributed by atoms with Crippen LogP contribution in [0.2, 0.25) is 5.15 Å². The van der Waals surface area contributed by atoms with E-state index in [1.807, 2.05) is 0 Å². The van der Waals surface area contributed by atoms with Crippen LogP contribution < -0.4 is 25.8 Å². The van der Waals surface area contributed by atoms with Crippen LogP contribution in [0.25, 0.3) is 11.2 Å². The lowest BCUT2D eigenvalue weighted by Crippen LogP contribution is -2.48. The summed E-state index contributed by atoms with van der Waals surface area (Å²) >= 11 is 6.00. The van der Waals surface area contributed by atoms with Crippen LogP contribution in [-0.4, -0.2) is 77.5 Å². The first kappa shape index (κ1) is 32.6. The van der Waals surface area contributed by atoms with Crippen LogP contribution in [-0.2, 0) is 17.3 Å². The Morgan fingerprint density at radius 1 is 1.09 bits per heavy atom. The number of methoxy groups -OCH3 is 2. The van der Waals surface area contributed by atoms with Gasteiger partial charge in [0.1, 0.15) is 28.4 Å². The number of carbonyl (C=O) groups is 1. The number of primary amides is 1. The number of benzene rings is 1. The van der Waals surface area contributed by atoms with Gasteiger partial charge in [0.2, 0.25) is 0 Å². The molecule has 1 aliphatic rings. The predicted molar refractivity (Wildman–Crippen MR) is 156 cm³/mol. The molecule has 0 aliphatic heterocycles. The summed E-state index contributed by atoms with van der Waals surface area (Å²) in [6.07, 6.45) is 1.78. The number of rotatable bonds is 9. The normalized spacial score (nSPS) is 13.5. The molecule has 5 rings (SSSR count). The fourth-order valence-corrected chi connectivity index (χ4v) is 4.35. The summed E-state index contributed by atoms with van der Waals surface area (Å²) in [5.74, 6) is -1.40. The number of anilines is 2. The zero-order valence-corrected chi connectivity index (χ0v) is 24.4. The Hall–Kier alpha value is -4.29. The van der Waals surface area contributed by atoms with Crippen molar-refractivity contribution in [2.45, 2.75) is 44.0 Å². The van der Waals surface area contributed by atoms with Crippen molar-refractivity contribution in [2.24, 2.45) is 5.73 Å². The van der Waals surface area contributed by atoms with Gasteiger partial charge in [0.15, 0.2) is 11.4 Å². The van der Waals surface area contributed by atoms with Gasteiger partial charge in [-0.15, -0.1) is 0 Å². The quantitative estimate of drug-likeness (QED) is 0.100. The smallest absolute Gasteiger partial charge is 0.370 e. The van der Waals surface area contributed by atoms with Gasteiger partial charge in [0.25, 0.3) is 0 Å². The molecule has 0 unspecified atom stereocenters. The average Bonchev–Trinajstić information content (AvgIpc) is 3.38. The van der Waals surface area contributed by atoms with Crippen molar-refractivity contribution in [3.05, 3.63) is 65.3 Å². The van der Waals surface area contributed by atoms with E-state index in [0.717, 1.165) is 35.1 Å². The minimum atomic E-state index is -3.24. The number of ether oxygens (including phenoxy) is 3. The fraction of sp³-hybridized carbons (Fsp3) is 0.333. The molecule has 1 aliphatic carbocycles. The lowest BCUT2D eigenvalue weighted by molar-refractivity contribution is -0.375. The van der Waals surface area contributed by atoms with E-state index in [0.29, 0.717) is 17.1 Å². The van der Waals surface area contributed by atoms with Crippen molar-refractivity contribution in [3.8, 4) is 11.5 Å². The Balaban J connectivity index is 0.000000223. The second-order valence-corrected chi connectivity index (χ2v) is 10.1. The van der Waals surface area contributed by atoms with Gasteiger partial charge < -0.3 is 51.2 Å². The number of aliphatic hydroxyl groups is 5. The maximum Gasteiger partial charge on any atom is 0.370 e. The summed E-state index contributed by atoms with van der Waals surface area (Å²) in [5, 5.41) is 49.1. The number of hydrogen-bond donors (Lipinski definition) is 7. The standard InChI is InChI=1S/C16H16ClN5O5.C11H16N2O4/c1-27-10-4-2-9(3-5-10)7-22(16(24,25)26)11-6-12(17)20-14-13(11)19-8-21(14)15(18)23;1-16-9-6-13-10(5-8(9)12)11(14,15)17-7-3-2-4-7/h2-6,8,24-26H,7H2,1H3,(H2,18,23);5-7,14-15H,2-4H2,1H3,(H2,12,13). The highest BCUT2D eigenvalue weighted by Crippen LogP contribution is 2.33. The van der Waals surface area contributed by atoms with Crippen molar-refractivity contribution in [2.75, 3.05) is 24.9 Å². The number of halogens is 1. The van der Waals surface area contributed by atoms with Crippen LogP contribution in [0.5, 0.6) is 11.5 Å². The molecule has 0 spiro atoms. The second kappa shape index (κ2) is 13.1. The Kier molecular flexibility index (Phi) is 9.75. The number of nitrogen functional groups attached to an aromatic ring is 1. The van der Waals surface area contributed by atoms with Gasteiger partial charge in [0.05, 0.1) is 44.4 Å². The number of imidazole rings is 1. The molecular weight excluding hydrogens is 602 g/mol. The van der Waals surface area contributed by atoms with Crippen LogP contribution in [0.15, 0.2) is 48.9 Å². The summed E-state index contributed by atoms with van der Waals surface area (Å²) in [6, 6.07) is 8.49. The summed E-state index contributed by atoms with van der Waals surface area (Å²) in [7, 11) is 2.98. The number of carbonyl (C=O) groups excluding carboxylic acids is 1. The maximum atomic E-state index is 11.5. The van der Waals surface area contributed by atoms with Crippen molar-refractivity contribution < 1.29 is 44.5 Å². The third-order valence-electron chi connectivity index (χ3n) is 6.68. The Bertz CT molecular complexity index is 1610. The highest BCUT2D eigenvalue weighted by molar-refractivity contribution is 6.30. The number of nitrogens with two attached hydrogens (primary N) is 2. The van der Waals surface area contributed by atoms with Gasteiger partial charge >= 0.3 is 18.1 Å². The molecular formula is C27H32ClN7O9. The first-order valence-corrected chi connectivity index (χ1v) is 13.4. The molecule has 1 aromatic carbocycles. The Morgan fingerprint density at radius 3 is 2.30 bits per heavy atom. The Labute approximate surface area is 255 Å². The first-order valence-electron chi connectivity index (χ1n) is 13.1. The van der Waals surface area contributed by atoms with Gasteiger partial charge in [-0.1, -0.05) is 23.7 Å². The van der Waals surface area contributed by atoms with E-state index in [-0.39, 0.29) is 46.0 Å². The number of aromatic nitrogens is 4. The summed E-state index contributed by atoms with van der Waals surface area (Å²) in [4.78, 5) is 24.2. The zero-order valence-electron chi connectivity index (χ0n) is 23.7. The van der Waals surface area contributed by atoms with Crippen molar-refractivity contribution in [1.82, 2.24) is 19.5 Å². The van der Waals surface area contributed by atoms with E-state index in [4.69, 9.17) is 37.3 Å². The molecule has 44 heavy (non-hydrogen) atoms. The molecule has 9 N–H and O–H groups in total. The molecule has 3 aromatic heterocycles. The van der Waals surface area contributed by atoms with E-state index in [1.54, 1.807) is 24.3 Å². The monoisotopic (exact) mass is 633 g/mol. The molecule has 0 radical (unpaired) electrons. The lowest BCUT2D eigenvalue weighted by Gasteiger charge is -2.32.